The molecule has 0 fully saturated rings. The van der Waals surface area contributed by atoms with Gasteiger partial charge in [-0.05, 0) is 48.9 Å². The van der Waals surface area contributed by atoms with Crippen LogP contribution in [-0.4, -0.2) is 42.5 Å². The van der Waals surface area contributed by atoms with Crippen molar-refractivity contribution >= 4 is 11.8 Å². The van der Waals surface area contributed by atoms with Crippen LogP contribution >= 0.6 is 0 Å². The summed E-state index contributed by atoms with van der Waals surface area (Å²) in [5.41, 5.74) is 2.34. The van der Waals surface area contributed by atoms with Gasteiger partial charge in [-0.2, -0.15) is 0 Å². The summed E-state index contributed by atoms with van der Waals surface area (Å²) in [7, 11) is 0. The van der Waals surface area contributed by atoms with Gasteiger partial charge in [-0.15, -0.1) is 0 Å². The van der Waals surface area contributed by atoms with E-state index in [1.165, 1.54) is 5.56 Å². The molecule has 1 atom stereocenters. The van der Waals surface area contributed by atoms with Gasteiger partial charge in [0.25, 0.3) is 5.91 Å². The normalized spacial score (nSPS) is 11.8. The van der Waals surface area contributed by atoms with E-state index in [2.05, 4.69) is 12.2 Å². The van der Waals surface area contributed by atoms with Crippen LogP contribution in [0, 0.1) is 5.92 Å². The highest BCUT2D eigenvalue weighted by atomic mass is 16.5. The summed E-state index contributed by atoms with van der Waals surface area (Å²) >= 11 is 0. The summed E-state index contributed by atoms with van der Waals surface area (Å²) < 4.78 is 5.71. The van der Waals surface area contributed by atoms with Gasteiger partial charge >= 0.3 is 0 Å². The van der Waals surface area contributed by atoms with E-state index in [-0.39, 0.29) is 18.4 Å². The Hall–Kier alpha value is -2.82. The Morgan fingerprint density at radius 3 is 2.23 bits per heavy atom. The molecule has 0 saturated carbocycles. The predicted octanol–water partition coefficient (Wildman–Crippen LogP) is 3.86. The van der Waals surface area contributed by atoms with Gasteiger partial charge in [0.2, 0.25) is 5.91 Å². The Balaban J connectivity index is 2.03. The van der Waals surface area contributed by atoms with Gasteiger partial charge < -0.3 is 15.0 Å². The van der Waals surface area contributed by atoms with Gasteiger partial charge in [0.05, 0.1) is 0 Å². The van der Waals surface area contributed by atoms with Gasteiger partial charge in [-0.3, -0.25) is 9.59 Å². The third-order valence-corrected chi connectivity index (χ3v) is 5.03. The summed E-state index contributed by atoms with van der Waals surface area (Å²) in [6.07, 6.45) is 1.63. The molecule has 1 unspecified atom stereocenters. The number of nitrogens with one attached hydrogen (secondary N) is 1. The third-order valence-electron chi connectivity index (χ3n) is 5.03. The number of nitrogens with zero attached hydrogens (tertiary/aromatic N) is 1. The second-order valence-corrected chi connectivity index (χ2v) is 7.92. The third kappa shape index (κ3) is 7.54. The molecule has 2 aromatic carbocycles. The minimum atomic E-state index is -0.564. The maximum atomic E-state index is 13.0. The Morgan fingerprint density at radius 1 is 0.967 bits per heavy atom. The first kappa shape index (κ1) is 23.5. The molecule has 162 valence electrons. The summed E-state index contributed by atoms with van der Waals surface area (Å²) in [4.78, 5) is 27.2. The van der Waals surface area contributed by atoms with E-state index < -0.39 is 6.04 Å². The molecule has 0 heterocycles. The standard InChI is InChI=1S/C25H34N2O3/c1-5-21-11-13-23(14-12-21)30-18-24(28)27(16-15-22-9-7-6-8-10-22)20(4)25(29)26-17-19(2)3/h6-14,19-20H,5,15-18H2,1-4H3,(H,26,29). The number of benzene rings is 2. The van der Waals surface area contributed by atoms with Gasteiger partial charge in [0.1, 0.15) is 11.8 Å². The lowest BCUT2D eigenvalue weighted by atomic mass is 10.1. The zero-order valence-electron chi connectivity index (χ0n) is 18.6. The van der Waals surface area contributed by atoms with Crippen LogP contribution in [-0.2, 0) is 22.4 Å². The molecule has 5 nitrogen and oxygen atoms in total. The van der Waals surface area contributed by atoms with E-state index in [1.54, 1.807) is 11.8 Å². The number of rotatable bonds is 11. The molecule has 0 aliphatic heterocycles. The van der Waals surface area contributed by atoms with Crippen LogP contribution in [0.2, 0.25) is 0 Å². The summed E-state index contributed by atoms with van der Waals surface area (Å²) in [5, 5.41) is 2.93. The maximum Gasteiger partial charge on any atom is 0.261 e. The van der Waals surface area contributed by atoms with Crippen molar-refractivity contribution in [2.45, 2.75) is 46.6 Å². The molecular formula is C25H34N2O3. The minimum Gasteiger partial charge on any atom is -0.484 e. The van der Waals surface area contributed by atoms with Crippen LogP contribution in [0.25, 0.3) is 0 Å². The number of carbonyl (C=O) groups excluding carboxylic acids is 2. The fourth-order valence-corrected chi connectivity index (χ4v) is 3.07. The SMILES string of the molecule is CCc1ccc(OCC(=O)N(CCc2ccccc2)C(C)C(=O)NCC(C)C)cc1. The molecule has 2 aromatic rings. The van der Waals surface area contributed by atoms with Crippen molar-refractivity contribution in [3.8, 4) is 5.75 Å². The number of hydrogen-bond acceptors (Lipinski definition) is 3. The van der Waals surface area contributed by atoms with Gasteiger partial charge in [0, 0.05) is 13.1 Å². The molecule has 30 heavy (non-hydrogen) atoms. The maximum absolute atomic E-state index is 13.0. The highest BCUT2D eigenvalue weighted by molar-refractivity contribution is 5.88. The van der Waals surface area contributed by atoms with E-state index >= 15 is 0 Å². The van der Waals surface area contributed by atoms with Gasteiger partial charge in [0.15, 0.2) is 6.61 Å². The van der Waals surface area contributed by atoms with Crippen LogP contribution in [0.1, 0.15) is 38.8 Å². The predicted molar refractivity (Wildman–Crippen MR) is 120 cm³/mol. The largest absolute Gasteiger partial charge is 0.484 e. The van der Waals surface area contributed by atoms with Crippen molar-refractivity contribution in [3.63, 3.8) is 0 Å². The van der Waals surface area contributed by atoms with Crippen LogP contribution in [0.4, 0.5) is 0 Å². The first-order valence-corrected chi connectivity index (χ1v) is 10.7. The Kier molecular flexibility index (Phi) is 9.39. The lowest BCUT2D eigenvalue weighted by Crippen LogP contribution is -2.50. The zero-order chi connectivity index (χ0) is 21.9. The number of carbonyl (C=O) groups is 2. The average molecular weight is 411 g/mol. The zero-order valence-corrected chi connectivity index (χ0v) is 18.6. The van der Waals surface area contributed by atoms with Crippen LogP contribution in [0.3, 0.4) is 0 Å². The molecule has 2 rings (SSSR count). The molecule has 0 aromatic heterocycles. The fraction of sp³-hybridized carbons (Fsp3) is 0.440. The number of aryl methyl sites for hydroxylation is 1. The highest BCUT2D eigenvalue weighted by Gasteiger charge is 2.26. The van der Waals surface area contributed by atoms with E-state index in [0.29, 0.717) is 31.2 Å². The van der Waals surface area contributed by atoms with E-state index in [4.69, 9.17) is 4.74 Å². The fourth-order valence-electron chi connectivity index (χ4n) is 3.07. The molecule has 5 heteroatoms. The molecular weight excluding hydrogens is 376 g/mol. The summed E-state index contributed by atoms with van der Waals surface area (Å²) in [5.74, 6) is 0.666. The molecule has 1 N–H and O–H groups in total. The summed E-state index contributed by atoms with van der Waals surface area (Å²) in [6.45, 7) is 8.90. The molecule has 0 bridgehead atoms. The van der Waals surface area contributed by atoms with E-state index in [9.17, 15) is 9.59 Å². The Morgan fingerprint density at radius 2 is 1.63 bits per heavy atom. The van der Waals surface area contributed by atoms with E-state index in [1.807, 2.05) is 68.4 Å². The van der Waals surface area contributed by atoms with Crippen molar-refractivity contribution in [2.75, 3.05) is 19.7 Å². The van der Waals surface area contributed by atoms with Gasteiger partial charge in [-0.25, -0.2) is 0 Å². The quantitative estimate of drug-likeness (QED) is 0.612. The molecule has 0 radical (unpaired) electrons. The summed E-state index contributed by atoms with van der Waals surface area (Å²) in [6, 6.07) is 17.1. The lowest BCUT2D eigenvalue weighted by Gasteiger charge is -2.29. The van der Waals surface area contributed by atoms with E-state index in [0.717, 1.165) is 12.0 Å². The topological polar surface area (TPSA) is 58.6 Å². The van der Waals surface area contributed by atoms with Crippen LogP contribution in [0.15, 0.2) is 54.6 Å². The van der Waals surface area contributed by atoms with Crippen molar-refractivity contribution in [3.05, 3.63) is 65.7 Å². The number of ether oxygens (including phenoxy) is 1. The molecule has 0 aliphatic rings. The minimum absolute atomic E-state index is 0.0952. The molecule has 2 amide bonds. The first-order valence-electron chi connectivity index (χ1n) is 10.7. The number of amides is 2. The van der Waals surface area contributed by atoms with Gasteiger partial charge in [-0.1, -0.05) is 63.2 Å². The average Bonchev–Trinajstić information content (AvgIpc) is 2.77. The monoisotopic (exact) mass is 410 g/mol. The van der Waals surface area contributed by atoms with Crippen molar-refractivity contribution in [1.29, 1.82) is 0 Å². The van der Waals surface area contributed by atoms with Crippen molar-refractivity contribution in [2.24, 2.45) is 5.92 Å². The second-order valence-electron chi connectivity index (χ2n) is 7.92. The van der Waals surface area contributed by atoms with Crippen molar-refractivity contribution < 1.29 is 14.3 Å². The second kappa shape index (κ2) is 12.0. The number of hydrogen-bond donors (Lipinski definition) is 1. The lowest BCUT2D eigenvalue weighted by molar-refractivity contribution is -0.141. The smallest absolute Gasteiger partial charge is 0.261 e. The molecule has 0 aliphatic carbocycles. The van der Waals surface area contributed by atoms with Crippen LogP contribution < -0.4 is 10.1 Å². The Bertz CT molecular complexity index is 788. The molecule has 0 spiro atoms. The first-order chi connectivity index (χ1) is 14.4. The highest BCUT2D eigenvalue weighted by Crippen LogP contribution is 2.13. The Labute approximate surface area is 180 Å². The van der Waals surface area contributed by atoms with Crippen molar-refractivity contribution in [1.82, 2.24) is 10.2 Å². The molecule has 0 saturated heterocycles. The van der Waals surface area contributed by atoms with Crippen LogP contribution in [0.5, 0.6) is 5.75 Å².